The molecule has 1 aliphatic carbocycles. The SMILES string of the molecule is CCOc1cc(C(F)(F)F)ccc1-c1cnc2c(c1)ncn2CC(=O)NC1CCCCC1. The second-order valence-corrected chi connectivity index (χ2v) is 7.98. The number of fused-ring (bicyclic) bond motifs is 1. The number of imidazole rings is 1. The van der Waals surface area contributed by atoms with Crippen molar-refractivity contribution in [1.82, 2.24) is 19.9 Å². The number of aromatic nitrogens is 3. The van der Waals surface area contributed by atoms with Gasteiger partial charge in [-0.3, -0.25) is 4.79 Å². The van der Waals surface area contributed by atoms with Gasteiger partial charge in [-0.1, -0.05) is 19.3 Å². The average molecular weight is 446 g/mol. The van der Waals surface area contributed by atoms with Gasteiger partial charge in [0.2, 0.25) is 5.91 Å². The van der Waals surface area contributed by atoms with Crippen molar-refractivity contribution in [3.8, 4) is 16.9 Å². The smallest absolute Gasteiger partial charge is 0.416 e. The van der Waals surface area contributed by atoms with Crippen LogP contribution in [0.3, 0.4) is 0 Å². The van der Waals surface area contributed by atoms with Crippen LogP contribution in [0.15, 0.2) is 36.8 Å². The highest BCUT2D eigenvalue weighted by molar-refractivity contribution is 5.82. The normalized spacial score (nSPS) is 15.1. The highest BCUT2D eigenvalue weighted by Gasteiger charge is 2.31. The number of pyridine rings is 1. The monoisotopic (exact) mass is 446 g/mol. The molecular formula is C23H25F3N4O2. The maximum Gasteiger partial charge on any atom is 0.416 e. The first kappa shape index (κ1) is 22.1. The summed E-state index contributed by atoms with van der Waals surface area (Å²) in [5.41, 5.74) is 1.41. The minimum atomic E-state index is -4.45. The molecular weight excluding hydrogens is 421 g/mol. The highest BCUT2D eigenvalue weighted by Crippen LogP contribution is 2.37. The number of alkyl halides is 3. The number of hydrogen-bond acceptors (Lipinski definition) is 4. The number of rotatable bonds is 6. The summed E-state index contributed by atoms with van der Waals surface area (Å²) in [4.78, 5) is 21.2. The predicted octanol–water partition coefficient (Wildman–Crippen LogP) is 4.96. The zero-order valence-electron chi connectivity index (χ0n) is 17.8. The molecule has 9 heteroatoms. The molecule has 1 aromatic carbocycles. The Hall–Kier alpha value is -3.10. The van der Waals surface area contributed by atoms with Crippen LogP contribution in [-0.4, -0.2) is 33.1 Å². The average Bonchev–Trinajstić information content (AvgIpc) is 3.16. The first-order valence-electron chi connectivity index (χ1n) is 10.8. The lowest BCUT2D eigenvalue weighted by Crippen LogP contribution is -2.38. The van der Waals surface area contributed by atoms with Gasteiger partial charge in [-0.15, -0.1) is 0 Å². The van der Waals surface area contributed by atoms with Crippen molar-refractivity contribution in [3.63, 3.8) is 0 Å². The van der Waals surface area contributed by atoms with Crippen molar-refractivity contribution < 1.29 is 22.7 Å². The van der Waals surface area contributed by atoms with Crippen LogP contribution in [0.2, 0.25) is 0 Å². The summed E-state index contributed by atoms with van der Waals surface area (Å²) in [6.45, 7) is 2.06. The Balaban J connectivity index is 1.56. The molecule has 32 heavy (non-hydrogen) atoms. The Morgan fingerprint density at radius 1 is 1.19 bits per heavy atom. The fourth-order valence-electron chi connectivity index (χ4n) is 4.10. The molecule has 4 rings (SSSR count). The maximum absolute atomic E-state index is 13.1. The van der Waals surface area contributed by atoms with E-state index in [1.807, 2.05) is 0 Å². The molecule has 0 radical (unpaired) electrons. The standard InChI is InChI=1S/C23H25F3N4O2/c1-2-32-20-11-16(23(24,25)26)8-9-18(20)15-10-19-22(27-12-15)30(14-28-19)13-21(31)29-17-6-4-3-5-7-17/h8-12,14,17H,2-7,13H2,1H3,(H,29,31). The molecule has 0 unspecified atom stereocenters. The summed E-state index contributed by atoms with van der Waals surface area (Å²) >= 11 is 0. The third-order valence-corrected chi connectivity index (χ3v) is 5.66. The van der Waals surface area contributed by atoms with Crippen LogP contribution in [0.5, 0.6) is 5.75 Å². The summed E-state index contributed by atoms with van der Waals surface area (Å²) in [6.07, 6.45) is 4.16. The van der Waals surface area contributed by atoms with Crippen molar-refractivity contribution in [2.75, 3.05) is 6.61 Å². The summed E-state index contributed by atoms with van der Waals surface area (Å²) in [7, 11) is 0. The molecule has 0 spiro atoms. The van der Waals surface area contributed by atoms with Gasteiger partial charge >= 0.3 is 6.18 Å². The zero-order chi connectivity index (χ0) is 22.7. The van der Waals surface area contributed by atoms with E-state index in [9.17, 15) is 18.0 Å². The molecule has 2 heterocycles. The second-order valence-electron chi connectivity index (χ2n) is 7.98. The summed E-state index contributed by atoms with van der Waals surface area (Å²) in [6, 6.07) is 5.36. The van der Waals surface area contributed by atoms with Gasteiger partial charge in [0.15, 0.2) is 5.65 Å². The Morgan fingerprint density at radius 3 is 2.69 bits per heavy atom. The van der Waals surface area contributed by atoms with Crippen molar-refractivity contribution in [2.24, 2.45) is 0 Å². The van der Waals surface area contributed by atoms with Gasteiger partial charge in [0, 0.05) is 23.4 Å². The van der Waals surface area contributed by atoms with Crippen molar-refractivity contribution in [2.45, 2.75) is 57.8 Å². The second kappa shape index (κ2) is 9.18. The molecule has 0 bridgehead atoms. The first-order chi connectivity index (χ1) is 15.3. The Bertz CT molecular complexity index is 1100. The largest absolute Gasteiger partial charge is 0.493 e. The zero-order valence-corrected chi connectivity index (χ0v) is 17.8. The van der Waals surface area contributed by atoms with Gasteiger partial charge < -0.3 is 14.6 Å². The summed E-state index contributed by atoms with van der Waals surface area (Å²) in [5, 5.41) is 3.07. The Labute approximate surface area is 183 Å². The lowest BCUT2D eigenvalue weighted by atomic mass is 9.95. The number of amides is 1. The minimum Gasteiger partial charge on any atom is -0.493 e. The van der Waals surface area contributed by atoms with Crippen LogP contribution in [0, 0.1) is 0 Å². The van der Waals surface area contributed by atoms with Gasteiger partial charge in [0.05, 0.1) is 18.5 Å². The topological polar surface area (TPSA) is 69.0 Å². The summed E-state index contributed by atoms with van der Waals surface area (Å²) < 4.78 is 46.4. The number of nitrogens with one attached hydrogen (secondary N) is 1. The fourth-order valence-corrected chi connectivity index (χ4v) is 4.10. The summed E-state index contributed by atoms with van der Waals surface area (Å²) in [5.74, 6) is 0.0539. The molecule has 1 fully saturated rings. The molecule has 3 aromatic rings. The number of halogens is 3. The van der Waals surface area contributed by atoms with E-state index in [-0.39, 0.29) is 30.9 Å². The van der Waals surface area contributed by atoms with E-state index in [1.54, 1.807) is 30.1 Å². The molecule has 1 N–H and O–H groups in total. The molecule has 0 atom stereocenters. The molecule has 6 nitrogen and oxygen atoms in total. The molecule has 1 aliphatic rings. The fraction of sp³-hybridized carbons (Fsp3) is 0.435. The van der Waals surface area contributed by atoms with Crippen LogP contribution in [-0.2, 0) is 17.5 Å². The molecule has 2 aromatic heterocycles. The highest BCUT2D eigenvalue weighted by atomic mass is 19.4. The third kappa shape index (κ3) is 4.87. The number of benzene rings is 1. The molecule has 0 aliphatic heterocycles. The number of hydrogen-bond donors (Lipinski definition) is 1. The van der Waals surface area contributed by atoms with Crippen LogP contribution in [0.25, 0.3) is 22.3 Å². The van der Waals surface area contributed by atoms with Gasteiger partial charge in [-0.05, 0) is 44.0 Å². The van der Waals surface area contributed by atoms with E-state index in [0.717, 1.165) is 37.8 Å². The van der Waals surface area contributed by atoms with E-state index in [1.165, 1.54) is 12.5 Å². The van der Waals surface area contributed by atoms with E-state index >= 15 is 0 Å². The molecule has 1 saturated carbocycles. The minimum absolute atomic E-state index is 0.0801. The molecule has 0 saturated heterocycles. The van der Waals surface area contributed by atoms with Gasteiger partial charge in [-0.25, -0.2) is 9.97 Å². The lowest BCUT2D eigenvalue weighted by molar-refractivity contribution is -0.137. The Kier molecular flexibility index (Phi) is 6.34. The van der Waals surface area contributed by atoms with Gasteiger partial charge in [-0.2, -0.15) is 13.2 Å². The third-order valence-electron chi connectivity index (χ3n) is 5.66. The predicted molar refractivity (Wildman–Crippen MR) is 114 cm³/mol. The van der Waals surface area contributed by atoms with E-state index in [2.05, 4.69) is 15.3 Å². The first-order valence-corrected chi connectivity index (χ1v) is 10.8. The van der Waals surface area contributed by atoms with Crippen molar-refractivity contribution in [3.05, 3.63) is 42.4 Å². The number of carbonyl (C=O) groups is 1. The lowest BCUT2D eigenvalue weighted by Gasteiger charge is -2.22. The van der Waals surface area contributed by atoms with Crippen LogP contribution in [0.4, 0.5) is 13.2 Å². The number of ether oxygens (including phenoxy) is 1. The number of carbonyl (C=O) groups excluding carboxylic acids is 1. The van der Waals surface area contributed by atoms with E-state index < -0.39 is 11.7 Å². The van der Waals surface area contributed by atoms with Crippen LogP contribution in [0.1, 0.15) is 44.6 Å². The molecule has 170 valence electrons. The maximum atomic E-state index is 13.1. The van der Waals surface area contributed by atoms with Crippen molar-refractivity contribution >= 4 is 17.1 Å². The van der Waals surface area contributed by atoms with Crippen LogP contribution >= 0.6 is 0 Å². The van der Waals surface area contributed by atoms with E-state index in [4.69, 9.17) is 4.74 Å². The Morgan fingerprint density at radius 2 is 1.97 bits per heavy atom. The number of nitrogens with zero attached hydrogens (tertiary/aromatic N) is 3. The quantitative estimate of drug-likeness (QED) is 0.581. The van der Waals surface area contributed by atoms with Crippen molar-refractivity contribution in [1.29, 1.82) is 0 Å². The van der Waals surface area contributed by atoms with Gasteiger partial charge in [0.25, 0.3) is 0 Å². The van der Waals surface area contributed by atoms with Gasteiger partial charge in [0.1, 0.15) is 17.8 Å². The molecule has 1 amide bonds. The van der Waals surface area contributed by atoms with Crippen LogP contribution < -0.4 is 10.1 Å². The van der Waals surface area contributed by atoms with E-state index in [0.29, 0.717) is 22.3 Å².